The SMILES string of the molecule is Cc1cc(C(=O)O)cc(NC(=O)C(F)(F)F)c1O. The van der Waals surface area contributed by atoms with Crippen LogP contribution in [0.15, 0.2) is 12.1 Å². The summed E-state index contributed by atoms with van der Waals surface area (Å²) in [7, 11) is 0. The van der Waals surface area contributed by atoms with Crippen LogP contribution in [0, 0.1) is 6.92 Å². The minimum atomic E-state index is -5.13. The third-order valence-corrected chi connectivity index (χ3v) is 2.05. The van der Waals surface area contributed by atoms with E-state index in [1.54, 1.807) is 0 Å². The predicted octanol–water partition coefficient (Wildman–Crippen LogP) is 1.90. The number of aromatic carboxylic acids is 1. The summed E-state index contributed by atoms with van der Waals surface area (Å²) >= 11 is 0. The lowest BCUT2D eigenvalue weighted by molar-refractivity contribution is -0.167. The van der Waals surface area contributed by atoms with Crippen LogP contribution in [0.2, 0.25) is 0 Å². The molecule has 1 aromatic carbocycles. The lowest BCUT2D eigenvalue weighted by Gasteiger charge is -2.11. The van der Waals surface area contributed by atoms with Gasteiger partial charge in [-0.2, -0.15) is 13.2 Å². The quantitative estimate of drug-likeness (QED) is 0.711. The number of carbonyl (C=O) groups is 2. The zero-order valence-electron chi connectivity index (χ0n) is 9.00. The molecule has 0 fully saturated rings. The van der Waals surface area contributed by atoms with Crippen LogP contribution in [0.5, 0.6) is 5.75 Å². The number of rotatable bonds is 2. The van der Waals surface area contributed by atoms with Crippen molar-refractivity contribution in [2.24, 2.45) is 0 Å². The lowest BCUT2D eigenvalue weighted by atomic mass is 10.1. The number of hydrogen-bond acceptors (Lipinski definition) is 3. The number of carboxylic acids is 1. The fraction of sp³-hybridized carbons (Fsp3) is 0.200. The molecule has 1 rings (SSSR count). The van der Waals surface area contributed by atoms with Crippen molar-refractivity contribution in [3.63, 3.8) is 0 Å². The molecule has 1 amide bonds. The number of amides is 1. The van der Waals surface area contributed by atoms with Crippen molar-refractivity contribution in [1.82, 2.24) is 0 Å². The van der Waals surface area contributed by atoms with Crippen LogP contribution in [-0.4, -0.2) is 28.3 Å². The fourth-order valence-electron chi connectivity index (χ4n) is 1.19. The second-order valence-electron chi connectivity index (χ2n) is 3.45. The van der Waals surface area contributed by atoms with Crippen molar-refractivity contribution < 1.29 is 33.0 Å². The molecule has 3 N–H and O–H groups in total. The van der Waals surface area contributed by atoms with Gasteiger partial charge in [-0.3, -0.25) is 4.79 Å². The number of anilines is 1. The van der Waals surface area contributed by atoms with Crippen molar-refractivity contribution in [3.05, 3.63) is 23.3 Å². The van der Waals surface area contributed by atoms with E-state index < -0.39 is 29.5 Å². The number of hydrogen-bond donors (Lipinski definition) is 3. The summed E-state index contributed by atoms with van der Waals surface area (Å²) in [6.45, 7) is 1.30. The molecule has 0 saturated heterocycles. The maximum Gasteiger partial charge on any atom is 0.471 e. The Kier molecular flexibility index (Phi) is 3.49. The molecular formula is C10H8F3NO4. The van der Waals surface area contributed by atoms with E-state index in [0.29, 0.717) is 0 Å². The minimum absolute atomic E-state index is 0.0346. The summed E-state index contributed by atoms with van der Waals surface area (Å²) in [4.78, 5) is 21.4. The number of phenolic OH excluding ortho intramolecular Hbond substituents is 1. The number of benzene rings is 1. The lowest BCUT2D eigenvalue weighted by Crippen LogP contribution is -2.30. The molecule has 98 valence electrons. The Hall–Kier alpha value is -2.25. The third kappa shape index (κ3) is 2.90. The van der Waals surface area contributed by atoms with Gasteiger partial charge in [0.15, 0.2) is 0 Å². The summed E-state index contributed by atoms with van der Waals surface area (Å²) in [6.07, 6.45) is -5.13. The van der Waals surface area contributed by atoms with Crippen LogP contribution in [0.1, 0.15) is 15.9 Å². The van der Waals surface area contributed by atoms with Crippen LogP contribution < -0.4 is 5.32 Å². The molecule has 0 aliphatic rings. The van der Waals surface area contributed by atoms with Crippen LogP contribution in [0.3, 0.4) is 0 Å². The van der Waals surface area contributed by atoms with Crippen molar-refractivity contribution in [3.8, 4) is 5.75 Å². The molecule has 0 radical (unpaired) electrons. The van der Waals surface area contributed by atoms with Crippen LogP contribution in [0.4, 0.5) is 18.9 Å². The molecule has 18 heavy (non-hydrogen) atoms. The van der Waals surface area contributed by atoms with Crippen molar-refractivity contribution in [1.29, 1.82) is 0 Å². The average molecular weight is 263 g/mol. The molecule has 5 nitrogen and oxygen atoms in total. The first kappa shape index (κ1) is 13.8. The number of halogens is 3. The van der Waals surface area contributed by atoms with E-state index in [9.17, 15) is 27.9 Å². The number of carboxylic acid groups (broad SMARTS) is 1. The van der Waals surface area contributed by atoms with Gasteiger partial charge in [0.05, 0.1) is 11.3 Å². The fourth-order valence-corrected chi connectivity index (χ4v) is 1.19. The van der Waals surface area contributed by atoms with Gasteiger partial charge < -0.3 is 15.5 Å². The van der Waals surface area contributed by atoms with E-state index in [-0.39, 0.29) is 11.1 Å². The first-order valence-corrected chi connectivity index (χ1v) is 4.58. The number of phenols is 1. The standard InChI is InChI=1S/C10H8F3NO4/c1-4-2-5(8(16)17)3-6(7(4)15)14-9(18)10(11,12)13/h2-3,15H,1H3,(H,14,18)(H,16,17). The molecule has 0 saturated carbocycles. The Morgan fingerprint density at radius 2 is 1.83 bits per heavy atom. The molecule has 0 bridgehead atoms. The second kappa shape index (κ2) is 4.55. The van der Waals surface area contributed by atoms with Crippen molar-refractivity contribution in [2.45, 2.75) is 13.1 Å². The number of aromatic hydroxyl groups is 1. The highest BCUT2D eigenvalue weighted by Crippen LogP contribution is 2.30. The summed E-state index contributed by atoms with van der Waals surface area (Å²) in [5.41, 5.74) is -0.912. The van der Waals surface area contributed by atoms with E-state index in [1.807, 2.05) is 0 Å². The number of carbonyl (C=O) groups excluding carboxylic acids is 1. The molecular weight excluding hydrogens is 255 g/mol. The van der Waals surface area contributed by atoms with Crippen LogP contribution in [-0.2, 0) is 4.79 Å². The van der Waals surface area contributed by atoms with Gasteiger partial charge in [-0.1, -0.05) is 0 Å². The van der Waals surface area contributed by atoms with Gasteiger partial charge in [0.2, 0.25) is 0 Å². The smallest absolute Gasteiger partial charge is 0.471 e. The highest BCUT2D eigenvalue weighted by atomic mass is 19.4. The molecule has 0 heterocycles. The Morgan fingerprint density at radius 1 is 1.28 bits per heavy atom. The highest BCUT2D eigenvalue weighted by molar-refractivity contribution is 5.98. The Balaban J connectivity index is 3.17. The zero-order valence-corrected chi connectivity index (χ0v) is 9.00. The van der Waals surface area contributed by atoms with Gasteiger partial charge in [0, 0.05) is 0 Å². The molecule has 0 spiro atoms. The van der Waals surface area contributed by atoms with Gasteiger partial charge in [0.25, 0.3) is 0 Å². The van der Waals surface area contributed by atoms with Crippen LogP contribution in [0.25, 0.3) is 0 Å². The van der Waals surface area contributed by atoms with E-state index in [4.69, 9.17) is 5.11 Å². The van der Waals surface area contributed by atoms with E-state index >= 15 is 0 Å². The molecule has 0 atom stereocenters. The van der Waals surface area contributed by atoms with Gasteiger partial charge in [0.1, 0.15) is 5.75 Å². The molecule has 8 heteroatoms. The Morgan fingerprint density at radius 3 is 2.28 bits per heavy atom. The maximum atomic E-state index is 12.0. The largest absolute Gasteiger partial charge is 0.505 e. The summed E-state index contributed by atoms with van der Waals surface area (Å²) in [6, 6.07) is 1.81. The van der Waals surface area contributed by atoms with E-state index in [2.05, 4.69) is 0 Å². The molecule has 0 aliphatic heterocycles. The van der Waals surface area contributed by atoms with Gasteiger partial charge in [-0.15, -0.1) is 0 Å². The van der Waals surface area contributed by atoms with Gasteiger partial charge in [-0.25, -0.2) is 4.79 Å². The molecule has 0 unspecified atom stereocenters. The second-order valence-corrected chi connectivity index (χ2v) is 3.45. The topological polar surface area (TPSA) is 86.6 Å². The Labute approximate surface area is 98.8 Å². The molecule has 1 aromatic rings. The van der Waals surface area contributed by atoms with Crippen LogP contribution >= 0.6 is 0 Å². The predicted molar refractivity (Wildman–Crippen MR) is 54.5 cm³/mol. The normalized spacial score (nSPS) is 11.1. The number of nitrogens with one attached hydrogen (secondary N) is 1. The number of alkyl halides is 3. The van der Waals surface area contributed by atoms with Crippen molar-refractivity contribution in [2.75, 3.05) is 5.32 Å². The zero-order chi connectivity index (χ0) is 14.1. The summed E-state index contributed by atoms with van der Waals surface area (Å²) in [5, 5.41) is 19.6. The van der Waals surface area contributed by atoms with Gasteiger partial charge >= 0.3 is 18.1 Å². The Bertz CT molecular complexity index is 511. The monoisotopic (exact) mass is 263 g/mol. The number of aryl methyl sites for hydroxylation is 1. The summed E-state index contributed by atoms with van der Waals surface area (Å²) < 4.78 is 36.0. The van der Waals surface area contributed by atoms with Gasteiger partial charge in [-0.05, 0) is 24.6 Å². The molecule has 0 aromatic heterocycles. The maximum absolute atomic E-state index is 12.0. The van der Waals surface area contributed by atoms with Crippen molar-refractivity contribution >= 4 is 17.6 Å². The molecule has 0 aliphatic carbocycles. The third-order valence-electron chi connectivity index (χ3n) is 2.05. The minimum Gasteiger partial charge on any atom is -0.505 e. The first-order chi connectivity index (χ1) is 8.12. The highest BCUT2D eigenvalue weighted by Gasteiger charge is 2.39. The van der Waals surface area contributed by atoms with E-state index in [0.717, 1.165) is 12.1 Å². The summed E-state index contributed by atoms with van der Waals surface area (Å²) in [5.74, 6) is -4.29. The van der Waals surface area contributed by atoms with E-state index in [1.165, 1.54) is 12.2 Å². The first-order valence-electron chi connectivity index (χ1n) is 4.58. The average Bonchev–Trinajstić information content (AvgIpc) is 2.22.